The van der Waals surface area contributed by atoms with Crippen LogP contribution in [-0.4, -0.2) is 24.6 Å². The second-order valence-electron chi connectivity index (χ2n) is 7.79. The lowest BCUT2D eigenvalue weighted by Gasteiger charge is -2.11. The van der Waals surface area contributed by atoms with Crippen LogP contribution in [0, 0.1) is 0 Å². The Bertz CT molecular complexity index is 1530. The Labute approximate surface area is 190 Å². The number of aromatic amines is 1. The van der Waals surface area contributed by atoms with Gasteiger partial charge in [-0.1, -0.05) is 84.9 Å². The van der Waals surface area contributed by atoms with Crippen molar-refractivity contribution in [3.63, 3.8) is 0 Å². The maximum absolute atomic E-state index is 10.7. The van der Waals surface area contributed by atoms with Gasteiger partial charge in [0.2, 0.25) is 5.95 Å². The molecular formula is C28H20N4O. The highest BCUT2D eigenvalue weighted by molar-refractivity contribution is 5.85. The quantitative estimate of drug-likeness (QED) is 0.339. The van der Waals surface area contributed by atoms with E-state index in [1.165, 1.54) is 0 Å². The molecule has 2 heterocycles. The van der Waals surface area contributed by atoms with Crippen LogP contribution in [-0.2, 0) is 0 Å². The van der Waals surface area contributed by atoms with Crippen molar-refractivity contribution < 1.29 is 5.11 Å². The second kappa shape index (κ2) is 7.80. The zero-order valence-electron chi connectivity index (χ0n) is 17.7. The van der Waals surface area contributed by atoms with Crippen LogP contribution in [0.25, 0.3) is 50.9 Å². The fourth-order valence-corrected chi connectivity index (χ4v) is 4.17. The number of imidazole rings is 2. The average Bonchev–Trinajstić information content (AvgIpc) is 3.47. The summed E-state index contributed by atoms with van der Waals surface area (Å²) in [5, 5.41) is 10.7. The van der Waals surface area contributed by atoms with Crippen molar-refractivity contribution >= 4 is 11.0 Å². The van der Waals surface area contributed by atoms with E-state index in [9.17, 15) is 5.11 Å². The normalized spacial score (nSPS) is 11.2. The third-order valence-corrected chi connectivity index (χ3v) is 5.71. The predicted octanol–water partition coefficient (Wildman–Crippen LogP) is 6.46. The van der Waals surface area contributed by atoms with Crippen LogP contribution in [0.4, 0.5) is 0 Å². The third-order valence-electron chi connectivity index (χ3n) is 5.71. The number of hydrogen-bond donors (Lipinski definition) is 2. The maximum atomic E-state index is 10.7. The van der Waals surface area contributed by atoms with Gasteiger partial charge in [-0.15, -0.1) is 0 Å². The van der Waals surface area contributed by atoms with E-state index in [0.29, 0.717) is 17.3 Å². The van der Waals surface area contributed by atoms with Gasteiger partial charge in [-0.3, -0.25) is 4.57 Å². The van der Waals surface area contributed by atoms with Crippen molar-refractivity contribution in [2.75, 3.05) is 0 Å². The molecule has 158 valence electrons. The van der Waals surface area contributed by atoms with Crippen molar-refractivity contribution in [1.82, 2.24) is 19.5 Å². The summed E-state index contributed by atoms with van der Waals surface area (Å²) in [6.07, 6.45) is 0. The molecule has 2 aromatic heterocycles. The van der Waals surface area contributed by atoms with Crippen LogP contribution < -0.4 is 0 Å². The minimum atomic E-state index is 0.166. The number of nitrogens with one attached hydrogen (secondary N) is 1. The van der Waals surface area contributed by atoms with Gasteiger partial charge in [0.05, 0.1) is 28.0 Å². The Morgan fingerprint density at radius 2 is 1.27 bits per heavy atom. The molecule has 0 atom stereocenters. The number of nitrogens with zero attached hydrogens (tertiary/aromatic N) is 3. The summed E-state index contributed by atoms with van der Waals surface area (Å²) in [5.41, 5.74) is 6.15. The number of benzene rings is 4. The Kier molecular flexibility index (Phi) is 4.51. The van der Waals surface area contributed by atoms with E-state index in [1.807, 2.05) is 95.6 Å². The third kappa shape index (κ3) is 3.27. The first-order valence-electron chi connectivity index (χ1n) is 10.8. The summed E-state index contributed by atoms with van der Waals surface area (Å²) in [6, 6.07) is 35.4. The van der Waals surface area contributed by atoms with Gasteiger partial charge in [-0.25, -0.2) is 9.97 Å². The molecule has 4 aromatic carbocycles. The lowest BCUT2D eigenvalue weighted by atomic mass is 10.0. The number of rotatable bonds is 4. The van der Waals surface area contributed by atoms with E-state index in [4.69, 9.17) is 9.97 Å². The molecule has 0 saturated heterocycles. The summed E-state index contributed by atoms with van der Waals surface area (Å²) in [4.78, 5) is 13.4. The number of phenolic OH excluding ortho intramolecular Hbond substituents is 1. The number of para-hydroxylation sites is 3. The fraction of sp³-hybridized carbons (Fsp3) is 0. The molecule has 0 spiro atoms. The lowest BCUT2D eigenvalue weighted by Crippen LogP contribution is -2.02. The molecule has 0 aliphatic heterocycles. The largest absolute Gasteiger partial charge is 0.507 e. The zero-order valence-corrected chi connectivity index (χ0v) is 17.7. The first-order chi connectivity index (χ1) is 16.3. The van der Waals surface area contributed by atoms with Gasteiger partial charge in [0.1, 0.15) is 5.75 Å². The second-order valence-corrected chi connectivity index (χ2v) is 7.79. The number of aromatic nitrogens is 4. The van der Waals surface area contributed by atoms with Crippen molar-refractivity contribution in [2.45, 2.75) is 0 Å². The highest BCUT2D eigenvalue weighted by Crippen LogP contribution is 2.40. The molecule has 0 fully saturated rings. The Morgan fingerprint density at radius 3 is 2.00 bits per heavy atom. The molecule has 0 amide bonds. The molecule has 0 aliphatic carbocycles. The first kappa shape index (κ1) is 19.1. The number of aromatic hydroxyl groups is 1. The van der Waals surface area contributed by atoms with Crippen LogP contribution in [0.3, 0.4) is 0 Å². The number of fused-ring (bicyclic) bond motifs is 1. The van der Waals surface area contributed by atoms with Crippen LogP contribution in [0.15, 0.2) is 109 Å². The van der Waals surface area contributed by atoms with Crippen LogP contribution in [0.5, 0.6) is 5.75 Å². The summed E-state index contributed by atoms with van der Waals surface area (Å²) in [5.74, 6) is 1.42. The molecule has 0 aliphatic rings. The minimum Gasteiger partial charge on any atom is -0.507 e. The monoisotopic (exact) mass is 428 g/mol. The highest BCUT2D eigenvalue weighted by atomic mass is 16.3. The molecule has 0 bridgehead atoms. The molecular weight excluding hydrogens is 408 g/mol. The van der Waals surface area contributed by atoms with Gasteiger partial charge in [-0.2, -0.15) is 0 Å². The number of H-pyrrole nitrogens is 1. The summed E-state index contributed by atoms with van der Waals surface area (Å²) in [7, 11) is 0. The first-order valence-corrected chi connectivity index (χ1v) is 10.8. The van der Waals surface area contributed by atoms with Gasteiger partial charge in [0.15, 0.2) is 5.82 Å². The van der Waals surface area contributed by atoms with E-state index in [-0.39, 0.29) is 5.75 Å². The van der Waals surface area contributed by atoms with Crippen LogP contribution in [0.2, 0.25) is 0 Å². The van der Waals surface area contributed by atoms with Gasteiger partial charge < -0.3 is 10.1 Å². The molecule has 0 unspecified atom stereocenters. The Hall–Kier alpha value is -4.64. The van der Waals surface area contributed by atoms with Gasteiger partial charge in [-0.05, 0) is 24.3 Å². The van der Waals surface area contributed by atoms with E-state index in [0.717, 1.165) is 33.5 Å². The molecule has 2 N–H and O–H groups in total. The maximum Gasteiger partial charge on any atom is 0.214 e. The number of phenols is 1. The van der Waals surface area contributed by atoms with Crippen molar-refractivity contribution in [2.24, 2.45) is 0 Å². The van der Waals surface area contributed by atoms with Crippen molar-refractivity contribution in [1.29, 1.82) is 0 Å². The summed E-state index contributed by atoms with van der Waals surface area (Å²) >= 11 is 0. The van der Waals surface area contributed by atoms with Gasteiger partial charge in [0, 0.05) is 11.1 Å². The molecule has 0 saturated carbocycles. The standard InChI is InChI=1S/C28H20N4O/c33-24-18-10-7-15-21(24)27-31-25(19-11-3-1-4-12-19)26(20-13-5-2-6-14-20)32(27)28-29-22-16-8-9-17-23(22)30-28/h1-18,33H,(H,29,30). The van der Waals surface area contributed by atoms with Gasteiger partial charge >= 0.3 is 0 Å². The Morgan fingerprint density at radius 1 is 0.636 bits per heavy atom. The smallest absolute Gasteiger partial charge is 0.214 e. The molecule has 5 heteroatoms. The van der Waals surface area contributed by atoms with Crippen LogP contribution in [0.1, 0.15) is 0 Å². The van der Waals surface area contributed by atoms with E-state index >= 15 is 0 Å². The zero-order chi connectivity index (χ0) is 22.2. The number of hydrogen-bond acceptors (Lipinski definition) is 3. The minimum absolute atomic E-state index is 0.166. The summed E-state index contributed by atoms with van der Waals surface area (Å²) < 4.78 is 2.01. The van der Waals surface area contributed by atoms with E-state index in [1.54, 1.807) is 6.07 Å². The van der Waals surface area contributed by atoms with E-state index < -0.39 is 0 Å². The highest BCUT2D eigenvalue weighted by Gasteiger charge is 2.25. The lowest BCUT2D eigenvalue weighted by molar-refractivity contribution is 0.477. The molecule has 0 radical (unpaired) electrons. The van der Waals surface area contributed by atoms with Gasteiger partial charge in [0.25, 0.3) is 0 Å². The van der Waals surface area contributed by atoms with Crippen molar-refractivity contribution in [3.8, 4) is 45.6 Å². The Balaban J connectivity index is 1.75. The molecule has 5 nitrogen and oxygen atoms in total. The van der Waals surface area contributed by atoms with E-state index in [2.05, 4.69) is 17.1 Å². The molecule has 6 rings (SSSR count). The van der Waals surface area contributed by atoms with Crippen molar-refractivity contribution in [3.05, 3.63) is 109 Å². The molecule has 33 heavy (non-hydrogen) atoms. The summed E-state index contributed by atoms with van der Waals surface area (Å²) in [6.45, 7) is 0. The molecule has 6 aromatic rings. The fourth-order valence-electron chi connectivity index (χ4n) is 4.17. The van der Waals surface area contributed by atoms with Crippen LogP contribution >= 0.6 is 0 Å². The SMILES string of the molecule is Oc1ccccc1-c1nc(-c2ccccc2)c(-c2ccccc2)n1-c1nc2ccccc2[nH]1. The topological polar surface area (TPSA) is 66.7 Å². The average molecular weight is 428 g/mol. The predicted molar refractivity (Wildman–Crippen MR) is 131 cm³/mol.